The van der Waals surface area contributed by atoms with Crippen LogP contribution in [0.15, 0.2) is 41.4 Å². The zero-order valence-electron chi connectivity index (χ0n) is 8.51. The van der Waals surface area contributed by atoms with Crippen molar-refractivity contribution in [2.24, 2.45) is 16.5 Å². The molecule has 0 amide bonds. The topological polar surface area (TPSA) is 88.2 Å². The molecule has 4 nitrogen and oxygen atoms in total. The molecular formula is C12H10N4. The fourth-order valence-electron chi connectivity index (χ4n) is 1.62. The highest BCUT2D eigenvalue weighted by atomic mass is 15.0. The van der Waals surface area contributed by atoms with Gasteiger partial charge in [-0.2, -0.15) is 5.26 Å². The average molecular weight is 210 g/mol. The smallest absolute Gasteiger partial charge is 0.191 e. The SMILES string of the molecule is N#Cc1ccc(N=C(N)N)c2ccccc12. The summed E-state index contributed by atoms with van der Waals surface area (Å²) in [4.78, 5) is 4.03. The lowest BCUT2D eigenvalue weighted by Gasteiger charge is -2.03. The van der Waals surface area contributed by atoms with Gasteiger partial charge < -0.3 is 11.5 Å². The van der Waals surface area contributed by atoms with E-state index in [0.717, 1.165) is 10.8 Å². The van der Waals surface area contributed by atoms with Gasteiger partial charge in [0.25, 0.3) is 0 Å². The molecular weight excluding hydrogens is 200 g/mol. The van der Waals surface area contributed by atoms with Gasteiger partial charge in [0.2, 0.25) is 0 Å². The van der Waals surface area contributed by atoms with E-state index in [-0.39, 0.29) is 5.96 Å². The molecule has 2 aromatic carbocycles. The summed E-state index contributed by atoms with van der Waals surface area (Å²) in [5.41, 5.74) is 12.0. The maximum absolute atomic E-state index is 8.97. The van der Waals surface area contributed by atoms with Crippen LogP contribution < -0.4 is 11.5 Å². The number of rotatable bonds is 1. The van der Waals surface area contributed by atoms with Crippen molar-refractivity contribution in [1.82, 2.24) is 0 Å². The lowest BCUT2D eigenvalue weighted by Crippen LogP contribution is -2.21. The van der Waals surface area contributed by atoms with Gasteiger partial charge >= 0.3 is 0 Å². The fourth-order valence-corrected chi connectivity index (χ4v) is 1.62. The second-order valence-corrected chi connectivity index (χ2v) is 3.33. The zero-order chi connectivity index (χ0) is 11.5. The van der Waals surface area contributed by atoms with Crippen LogP contribution in [0.25, 0.3) is 10.8 Å². The molecule has 0 saturated heterocycles. The number of hydrogen-bond donors (Lipinski definition) is 2. The largest absolute Gasteiger partial charge is 0.370 e. The van der Waals surface area contributed by atoms with Crippen LogP contribution in [-0.2, 0) is 0 Å². The molecule has 4 N–H and O–H groups in total. The van der Waals surface area contributed by atoms with Crippen LogP contribution >= 0.6 is 0 Å². The normalized spacial score (nSPS) is 9.69. The van der Waals surface area contributed by atoms with E-state index in [2.05, 4.69) is 11.1 Å². The Balaban J connectivity index is 2.81. The Hall–Kier alpha value is -2.54. The van der Waals surface area contributed by atoms with Crippen molar-refractivity contribution in [1.29, 1.82) is 5.26 Å². The standard InChI is InChI=1S/C12H10N4/c13-7-8-5-6-11(16-12(14)15)10-4-2-1-3-9(8)10/h1-6H,(H4,14,15,16). The Morgan fingerprint density at radius 1 is 1.06 bits per heavy atom. The first-order valence-electron chi connectivity index (χ1n) is 4.74. The van der Waals surface area contributed by atoms with Crippen LogP contribution in [0.3, 0.4) is 0 Å². The van der Waals surface area contributed by atoms with E-state index in [9.17, 15) is 0 Å². The molecule has 0 saturated carbocycles. The number of nitrogens with two attached hydrogens (primary N) is 2. The highest BCUT2D eigenvalue weighted by molar-refractivity contribution is 5.98. The molecule has 0 atom stereocenters. The van der Waals surface area contributed by atoms with Crippen molar-refractivity contribution in [3.8, 4) is 6.07 Å². The van der Waals surface area contributed by atoms with Gasteiger partial charge in [-0.25, -0.2) is 4.99 Å². The maximum Gasteiger partial charge on any atom is 0.191 e. The first-order valence-corrected chi connectivity index (χ1v) is 4.74. The predicted molar refractivity (Wildman–Crippen MR) is 64.1 cm³/mol. The van der Waals surface area contributed by atoms with Gasteiger partial charge in [-0.3, -0.25) is 0 Å². The monoisotopic (exact) mass is 210 g/mol. The van der Waals surface area contributed by atoms with Crippen LogP contribution in [-0.4, -0.2) is 5.96 Å². The van der Waals surface area contributed by atoms with E-state index in [4.69, 9.17) is 16.7 Å². The second-order valence-electron chi connectivity index (χ2n) is 3.33. The molecule has 78 valence electrons. The number of nitrogens with zero attached hydrogens (tertiary/aromatic N) is 2. The first kappa shape index (κ1) is 9.99. The summed E-state index contributed by atoms with van der Waals surface area (Å²) >= 11 is 0. The van der Waals surface area contributed by atoms with Gasteiger partial charge in [0, 0.05) is 10.8 Å². The van der Waals surface area contributed by atoms with Crippen molar-refractivity contribution in [3.05, 3.63) is 42.0 Å². The van der Waals surface area contributed by atoms with Crippen LogP contribution in [0.1, 0.15) is 5.56 Å². The summed E-state index contributed by atoms with van der Waals surface area (Å²) in [5, 5.41) is 10.7. The third-order valence-corrected chi connectivity index (χ3v) is 2.27. The first-order chi connectivity index (χ1) is 7.72. The number of fused-ring (bicyclic) bond motifs is 1. The number of nitriles is 1. The molecule has 16 heavy (non-hydrogen) atoms. The molecule has 0 heterocycles. The van der Waals surface area contributed by atoms with E-state index >= 15 is 0 Å². The van der Waals surface area contributed by atoms with Crippen molar-refractivity contribution in [2.45, 2.75) is 0 Å². The molecule has 0 aromatic heterocycles. The molecule has 4 heteroatoms. The summed E-state index contributed by atoms with van der Waals surface area (Å²) in [6, 6.07) is 13.1. The Morgan fingerprint density at radius 2 is 1.75 bits per heavy atom. The Kier molecular flexibility index (Phi) is 2.44. The third-order valence-electron chi connectivity index (χ3n) is 2.27. The number of benzene rings is 2. The molecule has 2 aromatic rings. The molecule has 0 aliphatic heterocycles. The highest BCUT2D eigenvalue weighted by Gasteiger charge is 2.04. The van der Waals surface area contributed by atoms with Crippen molar-refractivity contribution in [2.75, 3.05) is 0 Å². The highest BCUT2D eigenvalue weighted by Crippen LogP contribution is 2.28. The molecule has 0 fully saturated rings. The number of guanidine groups is 1. The Bertz CT molecular complexity index is 604. The molecule has 0 spiro atoms. The van der Waals surface area contributed by atoms with Crippen LogP contribution in [0.2, 0.25) is 0 Å². The van der Waals surface area contributed by atoms with Crippen LogP contribution in [0, 0.1) is 11.3 Å². The lowest BCUT2D eigenvalue weighted by atomic mass is 10.0. The number of aliphatic imine (C=N–C) groups is 1. The quantitative estimate of drug-likeness (QED) is 0.553. The van der Waals surface area contributed by atoms with Gasteiger partial charge in [0.05, 0.1) is 17.3 Å². The summed E-state index contributed by atoms with van der Waals surface area (Å²) in [5.74, 6) is 0.00913. The summed E-state index contributed by atoms with van der Waals surface area (Å²) < 4.78 is 0. The molecule has 2 rings (SSSR count). The van der Waals surface area contributed by atoms with Gasteiger partial charge in [0.1, 0.15) is 0 Å². The van der Waals surface area contributed by atoms with E-state index in [1.54, 1.807) is 12.1 Å². The van der Waals surface area contributed by atoms with Crippen molar-refractivity contribution >= 4 is 22.4 Å². The second kappa shape index (κ2) is 3.91. The minimum atomic E-state index is 0.00913. The van der Waals surface area contributed by atoms with Crippen molar-refractivity contribution in [3.63, 3.8) is 0 Å². The van der Waals surface area contributed by atoms with Gasteiger partial charge in [0.15, 0.2) is 5.96 Å². The van der Waals surface area contributed by atoms with Gasteiger partial charge in [-0.1, -0.05) is 24.3 Å². The average Bonchev–Trinajstić information content (AvgIpc) is 2.29. The lowest BCUT2D eigenvalue weighted by molar-refractivity contribution is 1.43. The fraction of sp³-hybridized carbons (Fsp3) is 0. The zero-order valence-corrected chi connectivity index (χ0v) is 8.51. The van der Waals surface area contributed by atoms with E-state index in [1.807, 2.05) is 24.3 Å². The van der Waals surface area contributed by atoms with Gasteiger partial charge in [-0.15, -0.1) is 0 Å². The van der Waals surface area contributed by atoms with Gasteiger partial charge in [-0.05, 0) is 12.1 Å². The van der Waals surface area contributed by atoms with E-state index in [0.29, 0.717) is 11.3 Å². The predicted octanol–water partition coefficient (Wildman–Crippen LogP) is 1.62. The molecule has 0 aliphatic rings. The summed E-state index contributed by atoms with van der Waals surface area (Å²) in [7, 11) is 0. The molecule has 0 radical (unpaired) electrons. The molecule has 0 aliphatic carbocycles. The maximum atomic E-state index is 8.97. The Morgan fingerprint density at radius 3 is 2.38 bits per heavy atom. The van der Waals surface area contributed by atoms with E-state index < -0.39 is 0 Å². The van der Waals surface area contributed by atoms with Crippen LogP contribution in [0.5, 0.6) is 0 Å². The Labute approximate surface area is 92.8 Å². The summed E-state index contributed by atoms with van der Waals surface area (Å²) in [6.45, 7) is 0. The number of hydrogen-bond acceptors (Lipinski definition) is 2. The molecule has 0 unspecified atom stereocenters. The molecule has 0 bridgehead atoms. The minimum absolute atomic E-state index is 0.00913. The van der Waals surface area contributed by atoms with Crippen LogP contribution in [0.4, 0.5) is 5.69 Å². The van der Waals surface area contributed by atoms with Crippen molar-refractivity contribution < 1.29 is 0 Å². The van der Waals surface area contributed by atoms with E-state index in [1.165, 1.54) is 0 Å². The minimum Gasteiger partial charge on any atom is -0.370 e. The third kappa shape index (κ3) is 1.66. The summed E-state index contributed by atoms with van der Waals surface area (Å²) in [6.07, 6.45) is 0.